The van der Waals surface area contributed by atoms with Crippen LogP contribution in [0.3, 0.4) is 0 Å². The number of nitrogens with zero attached hydrogens (tertiary/aromatic N) is 3. The van der Waals surface area contributed by atoms with Crippen LogP contribution >= 0.6 is 0 Å². The van der Waals surface area contributed by atoms with Gasteiger partial charge in [0, 0.05) is 37.1 Å². The predicted molar refractivity (Wildman–Crippen MR) is 231 cm³/mol. The van der Waals surface area contributed by atoms with Crippen molar-refractivity contribution in [2.45, 2.75) is 61.9 Å². The number of hydrogen-bond acceptors (Lipinski definition) is 10. The molecule has 0 amide bonds. The Morgan fingerprint density at radius 2 is 1.14 bits per heavy atom. The first-order valence-corrected chi connectivity index (χ1v) is 21.4. The van der Waals surface area contributed by atoms with E-state index in [4.69, 9.17) is 28.4 Å². The van der Waals surface area contributed by atoms with Gasteiger partial charge in [-0.2, -0.15) is 0 Å². The molecule has 0 N–H and O–H groups in total. The van der Waals surface area contributed by atoms with Gasteiger partial charge in [-0.3, -0.25) is 0 Å². The molecule has 5 rings (SSSR count). The zero-order valence-corrected chi connectivity index (χ0v) is 36.5. The monoisotopic (exact) mass is 815 g/mol. The second-order valence-corrected chi connectivity index (χ2v) is 16.8. The van der Waals surface area contributed by atoms with Crippen molar-refractivity contribution in [3.05, 3.63) is 95.6 Å². The number of aromatic nitrogens is 1. The SMILES string of the molecule is COc1ccc2c(c1)c(C(C)C)c(S(=O)(=O)c1ccc(OCCCN(C)CCc3ccc(OC)c(OC)c3)cc1)n2CCCN(C)CCc1ccc(OC)c(OC)c1. The average Bonchev–Trinajstić information content (AvgIpc) is 3.58. The van der Waals surface area contributed by atoms with Crippen LogP contribution in [0.4, 0.5) is 0 Å². The molecule has 0 unspecified atom stereocenters. The average molecular weight is 816 g/mol. The Labute approximate surface area is 345 Å². The minimum absolute atomic E-state index is 0.0513. The van der Waals surface area contributed by atoms with Crippen molar-refractivity contribution < 1.29 is 36.8 Å². The van der Waals surface area contributed by atoms with Crippen LogP contribution in [0.25, 0.3) is 10.9 Å². The molecule has 314 valence electrons. The van der Waals surface area contributed by atoms with Crippen LogP contribution in [0, 0.1) is 0 Å². The van der Waals surface area contributed by atoms with Gasteiger partial charge in [0.2, 0.25) is 9.84 Å². The molecular weight excluding hydrogens is 755 g/mol. The lowest BCUT2D eigenvalue weighted by Crippen LogP contribution is -2.24. The van der Waals surface area contributed by atoms with Crippen LogP contribution < -0.4 is 28.4 Å². The van der Waals surface area contributed by atoms with Crippen molar-refractivity contribution in [2.75, 3.05) is 82.4 Å². The number of benzene rings is 4. The van der Waals surface area contributed by atoms with Crippen molar-refractivity contribution >= 4 is 20.7 Å². The maximum Gasteiger partial charge on any atom is 0.222 e. The van der Waals surface area contributed by atoms with Crippen molar-refractivity contribution in [1.82, 2.24) is 14.4 Å². The maximum atomic E-state index is 14.7. The first kappa shape index (κ1) is 44.2. The van der Waals surface area contributed by atoms with Crippen LogP contribution in [-0.4, -0.2) is 105 Å². The zero-order chi connectivity index (χ0) is 41.8. The topological polar surface area (TPSA) is 101 Å². The molecule has 12 heteroatoms. The standard InChI is InChI=1S/C46H61N3O8S/c1-33(2)45-39-32-37(52-5)16-19-40(39)49(26-10-24-47(3)27-22-34-12-20-41(53-6)43(30-34)55-8)46(45)58(50,51)38-17-14-36(15-18-38)57-29-11-25-48(4)28-23-35-13-21-42(54-7)44(31-35)56-9/h12-21,30-33H,10-11,22-29H2,1-9H3. The summed E-state index contributed by atoms with van der Waals surface area (Å²) in [4.78, 5) is 4.79. The fourth-order valence-electron chi connectivity index (χ4n) is 7.32. The normalized spacial score (nSPS) is 11.8. The van der Waals surface area contributed by atoms with Crippen molar-refractivity contribution in [2.24, 2.45) is 0 Å². The summed E-state index contributed by atoms with van der Waals surface area (Å²) in [6, 6.07) is 24.7. The zero-order valence-electron chi connectivity index (χ0n) is 35.7. The van der Waals surface area contributed by atoms with Crippen molar-refractivity contribution in [1.29, 1.82) is 0 Å². The summed E-state index contributed by atoms with van der Waals surface area (Å²) >= 11 is 0. The first-order chi connectivity index (χ1) is 27.9. The Kier molecular flexibility index (Phi) is 15.8. The number of aryl methyl sites for hydroxylation is 1. The van der Waals surface area contributed by atoms with Gasteiger partial charge in [-0.15, -0.1) is 0 Å². The smallest absolute Gasteiger partial charge is 0.222 e. The molecule has 0 saturated carbocycles. The lowest BCUT2D eigenvalue weighted by molar-refractivity contribution is 0.264. The molecule has 0 aliphatic heterocycles. The minimum Gasteiger partial charge on any atom is -0.497 e. The van der Waals surface area contributed by atoms with Crippen LogP contribution in [0.5, 0.6) is 34.5 Å². The van der Waals surface area contributed by atoms with E-state index in [9.17, 15) is 8.42 Å². The number of likely N-dealkylation sites (N-methyl/N-ethyl adjacent to an activating group) is 2. The van der Waals surface area contributed by atoms with Gasteiger partial charge >= 0.3 is 0 Å². The first-order valence-electron chi connectivity index (χ1n) is 19.9. The van der Waals surface area contributed by atoms with E-state index in [-0.39, 0.29) is 10.8 Å². The Hall–Kier alpha value is -4.91. The summed E-state index contributed by atoms with van der Waals surface area (Å²) in [7, 11) is 8.47. The van der Waals surface area contributed by atoms with E-state index in [0.29, 0.717) is 41.2 Å². The Balaban J connectivity index is 1.24. The molecule has 5 aromatic rings. The molecular formula is C46H61N3O8S. The predicted octanol–water partition coefficient (Wildman–Crippen LogP) is 8.15. The van der Waals surface area contributed by atoms with Gasteiger partial charge in [-0.05, 0) is 136 Å². The number of sulfone groups is 1. The van der Waals surface area contributed by atoms with Crippen LogP contribution in [-0.2, 0) is 29.2 Å². The summed E-state index contributed by atoms with van der Waals surface area (Å²) in [6.45, 7) is 8.53. The van der Waals surface area contributed by atoms with Gasteiger partial charge in [-0.1, -0.05) is 26.0 Å². The fraction of sp³-hybridized carbons (Fsp3) is 0.435. The fourth-order valence-corrected chi connectivity index (χ4v) is 9.15. The van der Waals surface area contributed by atoms with E-state index in [1.54, 1.807) is 59.8 Å². The van der Waals surface area contributed by atoms with Gasteiger partial charge in [0.05, 0.1) is 47.1 Å². The highest BCUT2D eigenvalue weighted by molar-refractivity contribution is 7.91. The Morgan fingerprint density at radius 1 is 0.603 bits per heavy atom. The van der Waals surface area contributed by atoms with Crippen LogP contribution in [0.2, 0.25) is 0 Å². The van der Waals surface area contributed by atoms with Gasteiger partial charge in [0.1, 0.15) is 16.5 Å². The van der Waals surface area contributed by atoms with E-state index in [1.807, 2.05) is 60.9 Å². The number of rotatable bonds is 23. The Bertz CT molecular complexity index is 2200. The molecule has 0 aliphatic carbocycles. The molecule has 1 aromatic heterocycles. The lowest BCUT2D eigenvalue weighted by atomic mass is 10.0. The number of ether oxygens (including phenoxy) is 6. The van der Waals surface area contributed by atoms with Gasteiger partial charge in [-0.25, -0.2) is 8.42 Å². The highest BCUT2D eigenvalue weighted by Gasteiger charge is 2.31. The van der Waals surface area contributed by atoms with E-state index >= 15 is 0 Å². The van der Waals surface area contributed by atoms with E-state index in [0.717, 1.165) is 85.4 Å². The molecule has 11 nitrogen and oxygen atoms in total. The summed E-state index contributed by atoms with van der Waals surface area (Å²) in [5, 5.41) is 1.23. The highest BCUT2D eigenvalue weighted by Crippen LogP contribution is 2.40. The molecule has 0 aliphatic rings. The molecule has 1 heterocycles. The van der Waals surface area contributed by atoms with Crippen molar-refractivity contribution in [3.8, 4) is 34.5 Å². The summed E-state index contributed by atoms with van der Waals surface area (Å²) in [5.41, 5.74) is 4.02. The third-order valence-corrected chi connectivity index (χ3v) is 12.4. The summed E-state index contributed by atoms with van der Waals surface area (Å²) < 4.78 is 64.7. The lowest BCUT2D eigenvalue weighted by Gasteiger charge is -2.19. The Morgan fingerprint density at radius 3 is 1.66 bits per heavy atom. The van der Waals surface area contributed by atoms with Gasteiger partial charge < -0.3 is 42.8 Å². The second-order valence-electron chi connectivity index (χ2n) is 14.9. The third kappa shape index (κ3) is 10.8. The van der Waals surface area contributed by atoms with Crippen LogP contribution in [0.15, 0.2) is 88.8 Å². The largest absolute Gasteiger partial charge is 0.497 e. The van der Waals surface area contributed by atoms with E-state index in [2.05, 4.69) is 36.0 Å². The summed E-state index contributed by atoms with van der Waals surface area (Å²) in [6.07, 6.45) is 3.32. The van der Waals surface area contributed by atoms with Crippen molar-refractivity contribution in [3.63, 3.8) is 0 Å². The second kappa shape index (κ2) is 20.7. The van der Waals surface area contributed by atoms with Gasteiger partial charge in [0.15, 0.2) is 23.0 Å². The molecule has 0 bridgehead atoms. The molecule has 0 fully saturated rings. The number of fused-ring (bicyclic) bond motifs is 1. The minimum atomic E-state index is -3.92. The molecule has 58 heavy (non-hydrogen) atoms. The summed E-state index contributed by atoms with van der Waals surface area (Å²) in [5.74, 6) is 4.16. The van der Waals surface area contributed by atoms with Crippen LogP contribution in [0.1, 0.15) is 49.3 Å². The molecule has 0 atom stereocenters. The molecule has 0 spiro atoms. The molecule has 0 saturated heterocycles. The third-order valence-electron chi connectivity index (χ3n) is 10.6. The van der Waals surface area contributed by atoms with Gasteiger partial charge in [0.25, 0.3) is 0 Å². The maximum absolute atomic E-state index is 14.7. The highest BCUT2D eigenvalue weighted by atomic mass is 32.2. The quantitative estimate of drug-likeness (QED) is 0.0601. The number of methoxy groups -OCH3 is 5. The number of hydrogen-bond donors (Lipinski definition) is 0. The van der Waals surface area contributed by atoms with E-state index in [1.165, 1.54) is 5.56 Å². The molecule has 0 radical (unpaired) electrons. The van der Waals surface area contributed by atoms with E-state index < -0.39 is 9.84 Å². The molecule has 4 aromatic carbocycles.